The zero-order valence-electron chi connectivity index (χ0n) is 46.6. The van der Waals surface area contributed by atoms with Crippen molar-refractivity contribution in [1.82, 2.24) is 15.0 Å². The summed E-state index contributed by atoms with van der Waals surface area (Å²) in [4.78, 5) is 13.8. The average molecular weight is 1360 g/mol. The third-order valence-corrected chi connectivity index (χ3v) is 10.7. The minimum atomic E-state index is 0.0288. The van der Waals surface area contributed by atoms with Crippen molar-refractivity contribution in [3.63, 3.8) is 0 Å². The zero-order chi connectivity index (χ0) is 56.9. The van der Waals surface area contributed by atoms with E-state index < -0.39 is 0 Å². The summed E-state index contributed by atoms with van der Waals surface area (Å²) < 4.78 is 111. The lowest BCUT2D eigenvalue weighted by Crippen LogP contribution is -2.15. The van der Waals surface area contributed by atoms with Crippen LogP contribution >= 0.6 is 45.2 Å². The summed E-state index contributed by atoms with van der Waals surface area (Å²) in [5, 5.41) is 0. The molecular formula is C55H81I2N3O20. The van der Waals surface area contributed by atoms with Crippen LogP contribution in [0.3, 0.4) is 0 Å². The first-order valence-electron chi connectivity index (χ1n) is 26.3. The molecule has 0 bridgehead atoms. The van der Waals surface area contributed by atoms with Crippen molar-refractivity contribution in [3.8, 4) is 40.9 Å². The highest BCUT2D eigenvalue weighted by Gasteiger charge is 2.06. The number of nitrogens with zero attached hydrogens (tertiary/aromatic N) is 3. The predicted octanol–water partition coefficient (Wildman–Crippen LogP) is 4.15. The fourth-order valence-corrected chi connectivity index (χ4v) is 7.04. The van der Waals surface area contributed by atoms with Gasteiger partial charge in [0.2, 0.25) is 0 Å². The van der Waals surface area contributed by atoms with Crippen LogP contribution in [0.1, 0.15) is 22.8 Å². The second kappa shape index (κ2) is 52.5. The molecule has 450 valence electrons. The van der Waals surface area contributed by atoms with Crippen LogP contribution in [0, 0.1) is 31.1 Å². The van der Waals surface area contributed by atoms with Crippen LogP contribution in [-0.2, 0) is 80.5 Å². The van der Waals surface area contributed by atoms with Gasteiger partial charge < -0.3 is 94.7 Å². The van der Waals surface area contributed by atoms with Crippen molar-refractivity contribution >= 4 is 45.2 Å². The first-order chi connectivity index (χ1) is 39.5. The number of rotatable bonds is 53. The predicted molar refractivity (Wildman–Crippen MR) is 309 cm³/mol. The molecule has 0 saturated carbocycles. The maximum absolute atomic E-state index is 5.94. The van der Waals surface area contributed by atoms with Gasteiger partial charge in [0.15, 0.2) is 6.79 Å². The van der Waals surface area contributed by atoms with Crippen LogP contribution in [0.4, 0.5) is 0 Å². The smallest absolute Gasteiger partial charge is 0.188 e. The molecule has 23 nitrogen and oxygen atoms in total. The molecule has 3 rings (SSSR count). The van der Waals surface area contributed by atoms with Gasteiger partial charge in [-0.05, 0) is 68.9 Å². The van der Waals surface area contributed by atoms with E-state index >= 15 is 0 Å². The Bertz CT molecular complexity index is 1960. The Morgan fingerprint density at radius 2 is 0.475 bits per heavy atom. The fourth-order valence-electron chi connectivity index (χ4n) is 5.91. The molecule has 0 aliphatic heterocycles. The first-order valence-corrected chi connectivity index (χ1v) is 28.5. The van der Waals surface area contributed by atoms with Gasteiger partial charge in [0.1, 0.15) is 60.6 Å². The fraction of sp³-hybridized carbons (Fsp3) is 0.655. The standard InChI is InChI=1S/C55H81I2N3O20/c1-61-8-10-64-12-14-66-16-18-68-20-22-70-24-26-72-28-30-74-32-34-76-36-38-78-52-42-49(59-54(56)44-52)6-4-47-40-51(80-46-63-3)41-48(58-47)5-7-50-43-53(45-55(57)60-50)79-39-37-77-35-33-75-31-29-73-27-25-71-23-21-69-19-17-67-15-13-65-11-9-62-2/h40-45H,8-39,46H2,1-3H3. The van der Waals surface area contributed by atoms with Gasteiger partial charge in [-0.25, -0.2) is 15.0 Å². The zero-order valence-corrected chi connectivity index (χ0v) is 50.9. The number of methoxy groups -OCH3 is 3. The normalized spacial score (nSPS) is 11.1. The lowest BCUT2D eigenvalue weighted by atomic mass is 10.2. The van der Waals surface area contributed by atoms with Gasteiger partial charge in [-0.2, -0.15) is 0 Å². The van der Waals surface area contributed by atoms with E-state index in [-0.39, 0.29) is 6.79 Å². The highest BCUT2D eigenvalue weighted by atomic mass is 127. The lowest BCUT2D eigenvalue weighted by molar-refractivity contribution is -0.0227. The molecular weight excluding hydrogens is 1280 g/mol. The second-order valence-corrected chi connectivity index (χ2v) is 18.1. The van der Waals surface area contributed by atoms with Crippen LogP contribution in [0.15, 0.2) is 36.4 Å². The molecule has 0 spiro atoms. The van der Waals surface area contributed by atoms with Crippen molar-refractivity contribution in [1.29, 1.82) is 0 Å². The van der Waals surface area contributed by atoms with Crippen LogP contribution in [0.25, 0.3) is 0 Å². The quantitative estimate of drug-likeness (QED) is 0.0255. The second-order valence-electron chi connectivity index (χ2n) is 15.9. The summed E-state index contributed by atoms with van der Waals surface area (Å²) in [5.74, 6) is 14.0. The largest absolute Gasteiger partial charge is 0.491 e. The molecule has 3 aromatic heterocycles. The topological polar surface area (TPSA) is 223 Å². The van der Waals surface area contributed by atoms with Crippen LogP contribution in [0.2, 0.25) is 0 Å². The molecule has 0 unspecified atom stereocenters. The van der Waals surface area contributed by atoms with E-state index in [2.05, 4.69) is 83.8 Å². The molecule has 0 atom stereocenters. The van der Waals surface area contributed by atoms with Crippen molar-refractivity contribution in [2.75, 3.05) is 240 Å². The average Bonchev–Trinajstić information content (AvgIpc) is 3.46. The summed E-state index contributed by atoms with van der Waals surface area (Å²) >= 11 is 4.25. The number of hydrogen-bond acceptors (Lipinski definition) is 23. The highest BCUT2D eigenvalue weighted by molar-refractivity contribution is 14.1. The summed E-state index contributed by atoms with van der Waals surface area (Å²) in [5.41, 5.74) is 1.83. The Kier molecular flexibility index (Phi) is 46.6. The Hall–Kier alpha value is -3.25. The van der Waals surface area contributed by atoms with Gasteiger partial charge >= 0.3 is 0 Å². The van der Waals surface area contributed by atoms with Crippen molar-refractivity contribution in [3.05, 3.63) is 66.6 Å². The third kappa shape index (κ3) is 41.7. The van der Waals surface area contributed by atoms with Gasteiger partial charge in [0.05, 0.1) is 198 Å². The highest BCUT2D eigenvalue weighted by Crippen LogP contribution is 2.18. The van der Waals surface area contributed by atoms with E-state index in [1.54, 1.807) is 45.6 Å². The van der Waals surface area contributed by atoms with E-state index in [1.165, 1.54) is 0 Å². The third-order valence-electron chi connectivity index (χ3n) is 9.64. The van der Waals surface area contributed by atoms with Gasteiger partial charge in [0, 0.05) is 57.7 Å². The van der Waals surface area contributed by atoms with Crippen molar-refractivity contribution in [2.45, 2.75) is 0 Å². The van der Waals surface area contributed by atoms with Crippen molar-refractivity contribution in [2.24, 2.45) is 0 Å². The molecule has 0 aliphatic carbocycles. The Morgan fingerprint density at radius 3 is 0.713 bits per heavy atom. The van der Waals surface area contributed by atoms with E-state index in [0.717, 1.165) is 0 Å². The molecule has 0 fully saturated rings. The maximum atomic E-state index is 5.94. The SMILES string of the molecule is COCCOCCOCCOCCOCCOCCOCCOCCOc1cc(I)nc(C#Cc2cc(OCOC)cc(C#Cc3cc(OCCOCCOCCOCCOCCOCCOCCOCCOC)cc(I)n3)n2)c1. The molecule has 25 heteroatoms. The van der Waals surface area contributed by atoms with Crippen LogP contribution in [0.5, 0.6) is 17.2 Å². The number of ether oxygens (including phenoxy) is 20. The molecule has 0 saturated heterocycles. The Morgan fingerprint density at radius 1 is 0.263 bits per heavy atom. The van der Waals surface area contributed by atoms with E-state index in [1.807, 2.05) is 12.1 Å². The summed E-state index contributed by atoms with van der Waals surface area (Å²) in [6.45, 7) is 15.3. The molecule has 0 aliphatic rings. The lowest BCUT2D eigenvalue weighted by Gasteiger charge is -2.09. The summed E-state index contributed by atoms with van der Waals surface area (Å²) in [6.07, 6.45) is 0. The molecule has 0 radical (unpaired) electrons. The minimum absolute atomic E-state index is 0.0288. The molecule has 0 N–H and O–H groups in total. The number of aromatic nitrogens is 3. The summed E-state index contributed by atoms with van der Waals surface area (Å²) in [7, 11) is 4.82. The van der Waals surface area contributed by atoms with Gasteiger partial charge in [-0.3, -0.25) is 0 Å². The van der Waals surface area contributed by atoms with E-state index in [0.29, 0.717) is 259 Å². The van der Waals surface area contributed by atoms with Gasteiger partial charge in [0.25, 0.3) is 0 Å². The van der Waals surface area contributed by atoms with Crippen molar-refractivity contribution < 1.29 is 94.7 Å². The molecule has 3 heterocycles. The molecule has 0 amide bonds. The minimum Gasteiger partial charge on any atom is -0.491 e. The Balaban J connectivity index is 1.26. The van der Waals surface area contributed by atoms with E-state index in [4.69, 9.17) is 94.7 Å². The number of pyridine rings is 3. The monoisotopic (exact) mass is 1360 g/mol. The number of halogens is 2. The van der Waals surface area contributed by atoms with Gasteiger partial charge in [-0.1, -0.05) is 0 Å². The van der Waals surface area contributed by atoms with Crippen LogP contribution < -0.4 is 14.2 Å². The molecule has 0 aromatic carbocycles. The van der Waals surface area contributed by atoms with Crippen LogP contribution in [-0.4, -0.2) is 254 Å². The number of hydrogen-bond donors (Lipinski definition) is 0. The molecule has 80 heavy (non-hydrogen) atoms. The Labute approximate surface area is 499 Å². The maximum Gasteiger partial charge on any atom is 0.188 e. The summed E-state index contributed by atoms with van der Waals surface area (Å²) in [6, 6.07) is 10.6. The first kappa shape index (κ1) is 71.0. The van der Waals surface area contributed by atoms with Gasteiger partial charge in [-0.15, -0.1) is 0 Å². The molecule has 3 aromatic rings. The van der Waals surface area contributed by atoms with E-state index in [9.17, 15) is 0 Å².